The number of anilines is 1. The zero-order valence-corrected chi connectivity index (χ0v) is 15.1. The summed E-state index contributed by atoms with van der Waals surface area (Å²) in [5, 5.41) is 12.2. The lowest BCUT2D eigenvalue weighted by atomic mass is 10.1. The summed E-state index contributed by atoms with van der Waals surface area (Å²) in [6, 6.07) is 6.94. The second-order valence-electron chi connectivity index (χ2n) is 5.80. The minimum atomic E-state index is -0.215. The Bertz CT molecular complexity index is 725. The molecule has 0 fully saturated rings. The number of carbonyl (C=O) groups is 2. The maximum Gasteiger partial charge on any atom is 0.261 e. The van der Waals surface area contributed by atoms with Crippen LogP contribution in [0.15, 0.2) is 28.6 Å². The molecule has 6 nitrogen and oxygen atoms in total. The van der Waals surface area contributed by atoms with Gasteiger partial charge in [0.2, 0.25) is 5.13 Å². The number of amides is 2. The Balaban J connectivity index is 1.52. The number of benzene rings is 1. The monoisotopic (exact) mass is 362 g/mol. The van der Waals surface area contributed by atoms with E-state index in [9.17, 15) is 9.59 Å². The van der Waals surface area contributed by atoms with Crippen LogP contribution in [0.1, 0.15) is 34.6 Å². The van der Waals surface area contributed by atoms with Crippen molar-refractivity contribution in [2.24, 2.45) is 5.92 Å². The molecule has 0 radical (unpaired) electrons. The molecule has 0 atom stereocenters. The number of hydrogen-bond acceptors (Lipinski definition) is 7. The van der Waals surface area contributed by atoms with Crippen LogP contribution in [0.25, 0.3) is 0 Å². The van der Waals surface area contributed by atoms with Gasteiger partial charge >= 0.3 is 0 Å². The van der Waals surface area contributed by atoms with E-state index in [0.29, 0.717) is 29.3 Å². The second-order valence-corrected chi connectivity index (χ2v) is 8.12. The summed E-state index contributed by atoms with van der Waals surface area (Å²) in [6.45, 7) is 5.48. The van der Waals surface area contributed by atoms with Crippen LogP contribution in [-0.4, -0.2) is 45.8 Å². The van der Waals surface area contributed by atoms with E-state index in [2.05, 4.69) is 29.4 Å². The molecular formula is C16H18N4O2S2. The minimum absolute atomic E-state index is 0.215. The SMILES string of the molecule is CC(C)CNc1nnc(SCCN2C(=O)c3ccccc3C2=O)s1. The van der Waals surface area contributed by atoms with E-state index in [-0.39, 0.29) is 11.8 Å². The quantitative estimate of drug-likeness (QED) is 0.603. The maximum atomic E-state index is 12.3. The fourth-order valence-corrected chi connectivity index (χ4v) is 4.05. The minimum Gasteiger partial charge on any atom is -0.360 e. The fourth-order valence-electron chi connectivity index (χ4n) is 2.30. The summed E-state index contributed by atoms with van der Waals surface area (Å²) in [7, 11) is 0. The molecule has 2 aromatic rings. The topological polar surface area (TPSA) is 75.2 Å². The largest absolute Gasteiger partial charge is 0.360 e. The van der Waals surface area contributed by atoms with Gasteiger partial charge in [0, 0.05) is 18.8 Å². The van der Waals surface area contributed by atoms with E-state index in [1.54, 1.807) is 24.3 Å². The molecular weight excluding hydrogens is 344 g/mol. The third kappa shape index (κ3) is 3.59. The first-order valence-corrected chi connectivity index (χ1v) is 9.52. The first-order valence-electron chi connectivity index (χ1n) is 7.71. The van der Waals surface area contributed by atoms with Crippen molar-refractivity contribution in [1.29, 1.82) is 0 Å². The van der Waals surface area contributed by atoms with Crippen LogP contribution in [0, 0.1) is 5.92 Å². The smallest absolute Gasteiger partial charge is 0.261 e. The fraction of sp³-hybridized carbons (Fsp3) is 0.375. The van der Waals surface area contributed by atoms with E-state index in [4.69, 9.17) is 0 Å². The van der Waals surface area contributed by atoms with Crippen molar-refractivity contribution in [3.63, 3.8) is 0 Å². The number of fused-ring (bicyclic) bond motifs is 1. The van der Waals surface area contributed by atoms with Gasteiger partial charge in [-0.2, -0.15) is 0 Å². The van der Waals surface area contributed by atoms with Crippen molar-refractivity contribution in [3.05, 3.63) is 35.4 Å². The van der Waals surface area contributed by atoms with Gasteiger partial charge in [0.15, 0.2) is 4.34 Å². The summed E-state index contributed by atoms with van der Waals surface area (Å²) >= 11 is 2.99. The van der Waals surface area contributed by atoms with Crippen molar-refractivity contribution in [2.45, 2.75) is 18.2 Å². The van der Waals surface area contributed by atoms with E-state index in [1.807, 2.05) is 0 Å². The van der Waals surface area contributed by atoms with Crippen molar-refractivity contribution in [3.8, 4) is 0 Å². The lowest BCUT2D eigenvalue weighted by molar-refractivity contribution is 0.0664. The van der Waals surface area contributed by atoms with Crippen LogP contribution < -0.4 is 5.32 Å². The molecule has 1 aromatic heterocycles. The summed E-state index contributed by atoms with van der Waals surface area (Å²) in [6.07, 6.45) is 0. The molecule has 1 N–H and O–H groups in total. The molecule has 1 aliphatic heterocycles. The molecule has 2 heterocycles. The summed E-state index contributed by atoms with van der Waals surface area (Å²) < 4.78 is 0.831. The van der Waals surface area contributed by atoms with E-state index in [0.717, 1.165) is 16.0 Å². The Labute approximate surface area is 148 Å². The van der Waals surface area contributed by atoms with Gasteiger partial charge in [-0.25, -0.2) is 0 Å². The molecule has 0 unspecified atom stereocenters. The number of aromatic nitrogens is 2. The predicted octanol–water partition coefficient (Wildman–Crippen LogP) is 2.99. The highest BCUT2D eigenvalue weighted by atomic mass is 32.2. The van der Waals surface area contributed by atoms with Gasteiger partial charge < -0.3 is 5.32 Å². The Morgan fingerprint density at radius 1 is 1.17 bits per heavy atom. The van der Waals surface area contributed by atoms with E-state index >= 15 is 0 Å². The second kappa shape index (κ2) is 7.31. The molecule has 3 rings (SSSR count). The molecule has 1 aromatic carbocycles. The third-order valence-corrected chi connectivity index (χ3v) is 5.48. The van der Waals surface area contributed by atoms with Crippen LogP contribution >= 0.6 is 23.1 Å². The summed E-state index contributed by atoms with van der Waals surface area (Å²) in [5.41, 5.74) is 0.979. The first kappa shape index (κ1) is 16.9. The standard InChI is InChI=1S/C16H18N4O2S2/c1-10(2)9-17-15-18-19-16(24-15)23-8-7-20-13(21)11-5-3-4-6-12(11)14(20)22/h3-6,10H,7-9H2,1-2H3,(H,17,18). The lowest BCUT2D eigenvalue weighted by Crippen LogP contribution is -2.31. The van der Waals surface area contributed by atoms with Crippen LogP contribution in [0.5, 0.6) is 0 Å². The van der Waals surface area contributed by atoms with Gasteiger partial charge in [-0.1, -0.05) is 49.1 Å². The van der Waals surface area contributed by atoms with Crippen molar-refractivity contribution in [1.82, 2.24) is 15.1 Å². The lowest BCUT2D eigenvalue weighted by Gasteiger charge is -2.12. The average Bonchev–Trinajstić information content (AvgIpc) is 3.12. The number of hydrogen-bond donors (Lipinski definition) is 1. The molecule has 24 heavy (non-hydrogen) atoms. The van der Waals surface area contributed by atoms with E-state index < -0.39 is 0 Å². The van der Waals surface area contributed by atoms with Crippen LogP contribution in [-0.2, 0) is 0 Å². The highest BCUT2D eigenvalue weighted by molar-refractivity contribution is 8.01. The zero-order valence-electron chi connectivity index (χ0n) is 13.5. The number of rotatable bonds is 7. The first-order chi connectivity index (χ1) is 11.6. The average molecular weight is 362 g/mol. The van der Waals surface area contributed by atoms with E-state index in [1.165, 1.54) is 28.0 Å². The Hall–Kier alpha value is -1.93. The molecule has 0 bridgehead atoms. The molecule has 0 saturated carbocycles. The van der Waals surface area contributed by atoms with Crippen LogP contribution in [0.3, 0.4) is 0 Å². The number of thioether (sulfide) groups is 1. The Kier molecular flexibility index (Phi) is 5.15. The Morgan fingerprint density at radius 3 is 2.46 bits per heavy atom. The normalized spacial score (nSPS) is 13.7. The highest BCUT2D eigenvalue weighted by Crippen LogP contribution is 2.27. The molecule has 126 valence electrons. The van der Waals surface area contributed by atoms with Gasteiger partial charge in [0.25, 0.3) is 11.8 Å². The highest BCUT2D eigenvalue weighted by Gasteiger charge is 2.34. The molecule has 0 saturated heterocycles. The number of nitrogens with zero attached hydrogens (tertiary/aromatic N) is 3. The number of carbonyl (C=O) groups excluding carboxylic acids is 2. The van der Waals surface area contributed by atoms with Gasteiger partial charge in [-0.15, -0.1) is 10.2 Å². The van der Waals surface area contributed by atoms with Crippen LogP contribution in [0.2, 0.25) is 0 Å². The van der Waals surface area contributed by atoms with Gasteiger partial charge in [-0.05, 0) is 18.1 Å². The molecule has 8 heteroatoms. The molecule has 2 amide bonds. The van der Waals surface area contributed by atoms with Gasteiger partial charge in [0.1, 0.15) is 0 Å². The van der Waals surface area contributed by atoms with Crippen LogP contribution in [0.4, 0.5) is 5.13 Å². The van der Waals surface area contributed by atoms with Crippen molar-refractivity contribution in [2.75, 3.05) is 24.2 Å². The maximum absolute atomic E-state index is 12.3. The molecule has 1 aliphatic rings. The Morgan fingerprint density at radius 2 is 1.83 bits per heavy atom. The number of nitrogens with one attached hydrogen (secondary N) is 1. The summed E-state index contributed by atoms with van der Waals surface area (Å²) in [5.74, 6) is 0.712. The summed E-state index contributed by atoms with van der Waals surface area (Å²) in [4.78, 5) is 25.8. The number of imide groups is 1. The molecule has 0 aliphatic carbocycles. The van der Waals surface area contributed by atoms with Gasteiger partial charge in [0.05, 0.1) is 11.1 Å². The predicted molar refractivity (Wildman–Crippen MR) is 95.8 cm³/mol. The third-order valence-electron chi connectivity index (χ3n) is 3.49. The van der Waals surface area contributed by atoms with Gasteiger partial charge in [-0.3, -0.25) is 14.5 Å². The van der Waals surface area contributed by atoms with Crippen molar-refractivity contribution < 1.29 is 9.59 Å². The molecule has 0 spiro atoms. The zero-order chi connectivity index (χ0) is 17.1. The van der Waals surface area contributed by atoms with Crippen molar-refractivity contribution >= 4 is 40.0 Å².